The zero-order chi connectivity index (χ0) is 39.4. The molecule has 3 aromatic rings. The summed E-state index contributed by atoms with van der Waals surface area (Å²) in [6.45, 7) is 1.85. The van der Waals surface area contributed by atoms with Gasteiger partial charge in [-0.1, -0.05) is 103 Å². The first-order valence-corrected chi connectivity index (χ1v) is 21.3. The maximum absolute atomic E-state index is 13.0. The van der Waals surface area contributed by atoms with Gasteiger partial charge in [-0.15, -0.1) is 0 Å². The van der Waals surface area contributed by atoms with Gasteiger partial charge in [0.15, 0.2) is 11.4 Å². The highest BCUT2D eigenvalue weighted by molar-refractivity contribution is 7.47. The van der Waals surface area contributed by atoms with Crippen molar-refractivity contribution in [2.45, 2.75) is 140 Å². The fraction of sp³-hybridized carbons (Fsp3) is 0.667. The molecule has 1 aliphatic rings. The SMILES string of the molecule is CCCCCCCCCCCCCCCCCCOC[C@H](COP(=O)(O)OC[C@H]1O[C@@](C#N)(c2ccc3c(N)ncnn23)C[C@@H]1O)Oc1cncc(C#N)c1. The molecule has 0 bridgehead atoms. The van der Waals surface area contributed by atoms with Gasteiger partial charge in [0.1, 0.15) is 41.9 Å². The molecule has 1 fully saturated rings. The van der Waals surface area contributed by atoms with E-state index in [1.54, 1.807) is 12.1 Å². The van der Waals surface area contributed by atoms with Crippen LogP contribution in [0.4, 0.5) is 5.82 Å². The molecule has 0 aliphatic carbocycles. The number of aliphatic hydroxyl groups excluding tert-OH is 1. The van der Waals surface area contributed by atoms with E-state index in [1.807, 2.05) is 6.07 Å². The highest BCUT2D eigenvalue weighted by Crippen LogP contribution is 2.46. The second kappa shape index (κ2) is 23.4. The van der Waals surface area contributed by atoms with Crippen LogP contribution in [0.1, 0.15) is 127 Å². The molecule has 4 heterocycles. The number of nitrogens with zero attached hydrogens (tertiary/aromatic N) is 6. The standard InChI is InChI=1S/C39H58N7O8P/c1-2-3-4-5-6-7-8-9-10-11-12-13-14-15-16-17-20-50-26-33(53-32-21-31(23-40)24-43-25-32)27-51-55(48,49)52-28-36-35(47)22-39(29-41,54-36)37-19-18-34-38(42)44-30-45-46(34)37/h18-19,21,24-25,30,33,35-36,47H,2-17,20,22,26-28H2,1H3,(H,48,49)(H2,42,44,45)/t33-,35+,36-,39+/m1/s1. The molecule has 3 aromatic heterocycles. The Morgan fingerprint density at radius 3 is 2.27 bits per heavy atom. The van der Waals surface area contributed by atoms with Crippen LogP contribution in [0.3, 0.4) is 0 Å². The Labute approximate surface area is 324 Å². The lowest BCUT2D eigenvalue weighted by Gasteiger charge is -2.23. The van der Waals surface area contributed by atoms with Crippen LogP contribution in [0.15, 0.2) is 36.9 Å². The maximum atomic E-state index is 13.0. The monoisotopic (exact) mass is 783 g/mol. The zero-order valence-electron chi connectivity index (χ0n) is 32.1. The lowest BCUT2D eigenvalue weighted by atomic mass is 9.96. The molecule has 55 heavy (non-hydrogen) atoms. The quantitative estimate of drug-likeness (QED) is 0.0486. The van der Waals surface area contributed by atoms with Gasteiger partial charge in [0, 0.05) is 25.3 Å². The van der Waals surface area contributed by atoms with Gasteiger partial charge in [-0.2, -0.15) is 15.6 Å². The summed E-state index contributed by atoms with van der Waals surface area (Å²) in [4.78, 5) is 18.5. The Bertz CT molecular complexity index is 1720. The first-order valence-electron chi connectivity index (χ1n) is 19.8. The molecule has 16 heteroatoms. The number of nitriles is 2. The summed E-state index contributed by atoms with van der Waals surface area (Å²) in [7, 11) is -4.70. The lowest BCUT2D eigenvalue weighted by Crippen LogP contribution is -2.30. The molecular weight excluding hydrogens is 725 g/mol. The van der Waals surface area contributed by atoms with E-state index in [2.05, 4.69) is 28.1 Å². The third-order valence-corrected chi connectivity index (χ3v) is 10.7. The fourth-order valence-corrected chi connectivity index (χ4v) is 7.48. The zero-order valence-corrected chi connectivity index (χ0v) is 33.0. The normalized spacial score (nSPS) is 19.9. The Kier molecular flexibility index (Phi) is 18.8. The number of nitrogens with two attached hydrogens (primary N) is 1. The number of nitrogen functional groups attached to an aromatic ring is 1. The first-order chi connectivity index (χ1) is 26.7. The molecular formula is C39H58N7O8P. The second-order valence-corrected chi connectivity index (χ2v) is 15.7. The number of hydrogen-bond donors (Lipinski definition) is 3. The van der Waals surface area contributed by atoms with Crippen LogP contribution in [0.2, 0.25) is 0 Å². The van der Waals surface area contributed by atoms with Gasteiger partial charge in [0.05, 0.1) is 43.4 Å². The van der Waals surface area contributed by atoms with E-state index < -0.39 is 44.9 Å². The van der Waals surface area contributed by atoms with Crippen LogP contribution in [0, 0.1) is 22.7 Å². The number of aliphatic hydroxyl groups is 1. The third kappa shape index (κ3) is 14.4. The van der Waals surface area contributed by atoms with Crippen molar-refractivity contribution in [3.05, 3.63) is 48.2 Å². The van der Waals surface area contributed by atoms with Crippen LogP contribution >= 0.6 is 7.82 Å². The van der Waals surface area contributed by atoms with Crippen molar-refractivity contribution in [1.29, 1.82) is 10.5 Å². The number of hydrogen-bond acceptors (Lipinski definition) is 13. The summed E-state index contributed by atoms with van der Waals surface area (Å²) < 4.78 is 42.6. The minimum absolute atomic E-state index is 0.0456. The molecule has 0 aromatic carbocycles. The van der Waals surface area contributed by atoms with Gasteiger partial charge >= 0.3 is 7.82 Å². The van der Waals surface area contributed by atoms with E-state index in [-0.39, 0.29) is 30.2 Å². The van der Waals surface area contributed by atoms with Gasteiger partial charge in [-0.05, 0) is 18.6 Å². The molecule has 0 saturated carbocycles. The van der Waals surface area contributed by atoms with Crippen molar-refractivity contribution < 1.29 is 37.8 Å². The topological polar surface area (TPSA) is 220 Å². The van der Waals surface area contributed by atoms with Gasteiger partial charge in [0.2, 0.25) is 0 Å². The molecule has 302 valence electrons. The summed E-state index contributed by atoms with van der Waals surface area (Å²) in [5.74, 6) is 0.473. The summed E-state index contributed by atoms with van der Waals surface area (Å²) in [5.41, 5.74) is 5.36. The Morgan fingerprint density at radius 2 is 1.64 bits per heavy atom. The van der Waals surface area contributed by atoms with Crippen LogP contribution in [0.25, 0.3) is 5.52 Å². The van der Waals surface area contributed by atoms with Gasteiger partial charge in [0.25, 0.3) is 0 Å². The average Bonchev–Trinajstić information content (AvgIpc) is 3.78. The summed E-state index contributed by atoms with van der Waals surface area (Å²) in [5, 5.41) is 34.3. The summed E-state index contributed by atoms with van der Waals surface area (Å²) in [6.07, 6.45) is 21.1. The number of aromatic nitrogens is 4. The molecule has 4 rings (SSSR count). The number of unbranched alkanes of at least 4 members (excludes halogenated alkanes) is 15. The predicted molar refractivity (Wildman–Crippen MR) is 206 cm³/mol. The van der Waals surface area contributed by atoms with Crippen molar-refractivity contribution in [1.82, 2.24) is 19.6 Å². The van der Waals surface area contributed by atoms with Crippen molar-refractivity contribution in [3.63, 3.8) is 0 Å². The predicted octanol–water partition coefficient (Wildman–Crippen LogP) is 7.31. The van der Waals surface area contributed by atoms with Crippen LogP contribution in [0.5, 0.6) is 5.75 Å². The Morgan fingerprint density at radius 1 is 0.982 bits per heavy atom. The Balaban J connectivity index is 1.16. The van der Waals surface area contributed by atoms with E-state index in [9.17, 15) is 25.1 Å². The highest BCUT2D eigenvalue weighted by atomic mass is 31.2. The molecule has 0 amide bonds. The molecule has 1 unspecified atom stereocenters. The second-order valence-electron chi connectivity index (χ2n) is 14.2. The number of ether oxygens (including phenoxy) is 3. The molecule has 5 atom stereocenters. The van der Waals surface area contributed by atoms with Crippen molar-refractivity contribution in [2.24, 2.45) is 0 Å². The van der Waals surface area contributed by atoms with Crippen LogP contribution < -0.4 is 10.5 Å². The smallest absolute Gasteiger partial charge is 0.472 e. The molecule has 1 saturated heterocycles. The first kappa shape index (κ1) is 44.1. The number of anilines is 1. The minimum atomic E-state index is -4.70. The number of rotatable bonds is 28. The average molecular weight is 784 g/mol. The van der Waals surface area contributed by atoms with E-state index in [1.165, 1.54) is 113 Å². The fourth-order valence-electron chi connectivity index (χ4n) is 6.71. The van der Waals surface area contributed by atoms with Crippen LogP contribution in [-0.2, 0) is 28.7 Å². The molecule has 1 aliphatic heterocycles. The lowest BCUT2D eigenvalue weighted by molar-refractivity contribution is -0.0540. The van der Waals surface area contributed by atoms with E-state index in [4.69, 9.17) is 29.0 Å². The van der Waals surface area contributed by atoms with Crippen LogP contribution in [-0.4, -0.2) is 74.3 Å². The van der Waals surface area contributed by atoms with E-state index in [0.29, 0.717) is 17.8 Å². The van der Waals surface area contributed by atoms with Crippen molar-refractivity contribution >= 4 is 19.2 Å². The maximum Gasteiger partial charge on any atom is 0.472 e. The molecule has 15 nitrogen and oxygen atoms in total. The summed E-state index contributed by atoms with van der Waals surface area (Å²) in [6, 6.07) is 8.84. The summed E-state index contributed by atoms with van der Waals surface area (Å²) >= 11 is 0. The van der Waals surface area contributed by atoms with E-state index in [0.717, 1.165) is 19.3 Å². The van der Waals surface area contributed by atoms with Gasteiger partial charge < -0.3 is 29.9 Å². The molecule has 0 radical (unpaired) electrons. The Hall–Kier alpha value is -3.66. The van der Waals surface area contributed by atoms with Crippen molar-refractivity contribution in [2.75, 3.05) is 32.2 Å². The largest absolute Gasteiger partial charge is 0.484 e. The number of pyridine rings is 1. The number of phosphoric ester groups is 1. The number of fused-ring (bicyclic) bond motifs is 1. The third-order valence-electron chi connectivity index (χ3n) is 9.77. The van der Waals surface area contributed by atoms with Gasteiger partial charge in [-0.25, -0.2) is 14.1 Å². The molecule has 0 spiro atoms. The highest BCUT2D eigenvalue weighted by Gasteiger charge is 2.50. The minimum Gasteiger partial charge on any atom is -0.484 e. The number of phosphoric acid groups is 1. The van der Waals surface area contributed by atoms with Gasteiger partial charge in [-0.3, -0.25) is 14.0 Å². The van der Waals surface area contributed by atoms with E-state index >= 15 is 0 Å². The van der Waals surface area contributed by atoms with Crippen molar-refractivity contribution in [3.8, 4) is 17.9 Å². The molecule has 4 N–H and O–H groups in total.